The number of carbonyl (C=O) groups is 1. The number of hydrogen-bond acceptors (Lipinski definition) is 2. The molecule has 0 saturated heterocycles. The van der Waals surface area contributed by atoms with E-state index in [0.29, 0.717) is 12.0 Å². The summed E-state index contributed by atoms with van der Waals surface area (Å²) < 4.78 is 13.6. The number of halogens is 2. The van der Waals surface area contributed by atoms with E-state index in [-0.39, 0.29) is 42.1 Å². The van der Waals surface area contributed by atoms with Crippen LogP contribution < -0.4 is 11.1 Å². The monoisotopic (exact) mass is 328 g/mol. The Labute approximate surface area is 138 Å². The van der Waals surface area contributed by atoms with Gasteiger partial charge >= 0.3 is 0 Å². The van der Waals surface area contributed by atoms with E-state index < -0.39 is 0 Å². The predicted octanol–water partition coefficient (Wildman–Crippen LogP) is 3.64. The summed E-state index contributed by atoms with van der Waals surface area (Å²) >= 11 is 0. The van der Waals surface area contributed by atoms with E-state index in [4.69, 9.17) is 5.73 Å². The van der Waals surface area contributed by atoms with Crippen molar-refractivity contribution in [3.8, 4) is 0 Å². The Hall–Kier alpha value is -1.13. The van der Waals surface area contributed by atoms with Gasteiger partial charge in [0.2, 0.25) is 5.91 Å². The fourth-order valence-electron chi connectivity index (χ4n) is 2.99. The van der Waals surface area contributed by atoms with Crippen LogP contribution in [0, 0.1) is 18.7 Å². The predicted molar refractivity (Wildman–Crippen MR) is 89.5 cm³/mol. The number of hydrogen-bond donors (Lipinski definition) is 2. The highest BCUT2D eigenvalue weighted by Crippen LogP contribution is 2.26. The molecule has 1 fully saturated rings. The Kier molecular flexibility index (Phi) is 7.30. The van der Waals surface area contributed by atoms with Crippen molar-refractivity contribution in [2.24, 2.45) is 11.7 Å². The average Bonchev–Trinajstić information content (AvgIpc) is 2.44. The van der Waals surface area contributed by atoms with Crippen molar-refractivity contribution in [2.45, 2.75) is 58.0 Å². The summed E-state index contributed by atoms with van der Waals surface area (Å²) in [5.74, 6) is 0.0504. The summed E-state index contributed by atoms with van der Waals surface area (Å²) in [6, 6.07) is 5.04. The fourth-order valence-corrected chi connectivity index (χ4v) is 2.99. The molecule has 0 radical (unpaired) electrons. The molecule has 3 atom stereocenters. The van der Waals surface area contributed by atoms with Gasteiger partial charge in [-0.05, 0) is 49.8 Å². The Bertz CT molecular complexity index is 509. The number of amides is 1. The maximum absolute atomic E-state index is 13.6. The van der Waals surface area contributed by atoms with E-state index in [1.165, 1.54) is 12.5 Å². The molecule has 124 valence electrons. The Morgan fingerprint density at radius 1 is 1.41 bits per heavy atom. The molecule has 1 aliphatic carbocycles. The van der Waals surface area contributed by atoms with Gasteiger partial charge in [0.05, 0.1) is 6.04 Å². The van der Waals surface area contributed by atoms with Crippen LogP contribution >= 0.6 is 12.4 Å². The van der Waals surface area contributed by atoms with Crippen LogP contribution in [0.4, 0.5) is 4.39 Å². The van der Waals surface area contributed by atoms with Gasteiger partial charge in [-0.2, -0.15) is 0 Å². The molecule has 0 spiro atoms. The van der Waals surface area contributed by atoms with Crippen molar-refractivity contribution in [1.29, 1.82) is 0 Å². The molecular weight excluding hydrogens is 303 g/mol. The molecule has 0 aromatic heterocycles. The normalized spacial score (nSPS) is 22.5. The third-order valence-corrected chi connectivity index (χ3v) is 4.49. The van der Waals surface area contributed by atoms with Gasteiger partial charge < -0.3 is 11.1 Å². The zero-order valence-electron chi connectivity index (χ0n) is 13.3. The highest BCUT2D eigenvalue weighted by molar-refractivity contribution is 5.85. The van der Waals surface area contributed by atoms with Crippen LogP contribution in [-0.2, 0) is 4.79 Å². The van der Waals surface area contributed by atoms with Crippen molar-refractivity contribution in [3.05, 3.63) is 35.1 Å². The molecule has 1 aromatic rings. The van der Waals surface area contributed by atoms with Crippen LogP contribution in [-0.4, -0.2) is 11.9 Å². The van der Waals surface area contributed by atoms with Crippen molar-refractivity contribution in [1.82, 2.24) is 5.32 Å². The number of aryl methyl sites for hydroxylation is 1. The van der Waals surface area contributed by atoms with Gasteiger partial charge in [0.25, 0.3) is 0 Å². The first-order valence-electron chi connectivity index (χ1n) is 7.78. The first-order chi connectivity index (χ1) is 9.97. The number of rotatable bonds is 4. The molecule has 22 heavy (non-hydrogen) atoms. The van der Waals surface area contributed by atoms with Crippen molar-refractivity contribution >= 4 is 18.3 Å². The quantitative estimate of drug-likeness (QED) is 0.886. The van der Waals surface area contributed by atoms with Crippen molar-refractivity contribution < 1.29 is 9.18 Å². The van der Waals surface area contributed by atoms with Gasteiger partial charge in [-0.3, -0.25) is 4.79 Å². The molecule has 1 aromatic carbocycles. The minimum atomic E-state index is -0.233. The molecule has 5 heteroatoms. The summed E-state index contributed by atoms with van der Waals surface area (Å²) in [6.07, 6.45) is 4.83. The molecule has 1 saturated carbocycles. The number of benzene rings is 1. The Morgan fingerprint density at radius 2 is 2.09 bits per heavy atom. The second-order valence-electron chi connectivity index (χ2n) is 6.21. The first-order valence-corrected chi connectivity index (χ1v) is 7.78. The van der Waals surface area contributed by atoms with E-state index >= 15 is 0 Å². The molecule has 2 rings (SSSR count). The van der Waals surface area contributed by atoms with Crippen LogP contribution in [0.5, 0.6) is 0 Å². The van der Waals surface area contributed by atoms with E-state index in [1.54, 1.807) is 13.0 Å². The van der Waals surface area contributed by atoms with Gasteiger partial charge in [0, 0.05) is 12.5 Å². The van der Waals surface area contributed by atoms with E-state index in [2.05, 4.69) is 5.32 Å². The molecule has 1 amide bonds. The highest BCUT2D eigenvalue weighted by atomic mass is 35.5. The van der Waals surface area contributed by atoms with Gasteiger partial charge in [-0.25, -0.2) is 4.39 Å². The lowest BCUT2D eigenvalue weighted by molar-refractivity contribution is -0.123. The minimum Gasteiger partial charge on any atom is -0.350 e. The molecule has 0 heterocycles. The highest BCUT2D eigenvalue weighted by Gasteiger charge is 2.24. The van der Waals surface area contributed by atoms with Gasteiger partial charge in [0.15, 0.2) is 0 Å². The van der Waals surface area contributed by atoms with Crippen LogP contribution in [0.25, 0.3) is 0 Å². The third kappa shape index (κ3) is 4.96. The van der Waals surface area contributed by atoms with Gasteiger partial charge in [0.1, 0.15) is 5.82 Å². The summed E-state index contributed by atoms with van der Waals surface area (Å²) in [7, 11) is 0. The molecule has 3 unspecified atom stereocenters. The Morgan fingerprint density at radius 3 is 2.73 bits per heavy atom. The summed E-state index contributed by atoms with van der Waals surface area (Å²) in [6.45, 7) is 3.61. The van der Waals surface area contributed by atoms with Crippen LogP contribution in [0.3, 0.4) is 0 Å². The lowest BCUT2D eigenvalue weighted by Gasteiger charge is -2.28. The van der Waals surface area contributed by atoms with E-state index in [9.17, 15) is 9.18 Å². The summed E-state index contributed by atoms with van der Waals surface area (Å²) in [5.41, 5.74) is 7.48. The summed E-state index contributed by atoms with van der Waals surface area (Å²) in [5, 5.41) is 2.95. The van der Waals surface area contributed by atoms with E-state index in [1.807, 2.05) is 13.0 Å². The lowest BCUT2D eigenvalue weighted by atomic mass is 9.83. The maximum atomic E-state index is 13.6. The van der Waals surface area contributed by atoms with E-state index in [0.717, 1.165) is 24.8 Å². The number of nitrogens with two attached hydrogens (primary N) is 1. The topological polar surface area (TPSA) is 55.1 Å². The fraction of sp³-hybridized carbons (Fsp3) is 0.588. The van der Waals surface area contributed by atoms with Crippen molar-refractivity contribution in [2.75, 3.05) is 0 Å². The van der Waals surface area contributed by atoms with Gasteiger partial charge in [-0.1, -0.05) is 25.0 Å². The smallest absolute Gasteiger partial charge is 0.220 e. The van der Waals surface area contributed by atoms with Crippen molar-refractivity contribution in [3.63, 3.8) is 0 Å². The molecule has 0 bridgehead atoms. The van der Waals surface area contributed by atoms with Crippen LogP contribution in [0.15, 0.2) is 18.2 Å². The molecule has 3 N–H and O–H groups in total. The zero-order chi connectivity index (χ0) is 15.4. The molecule has 1 aliphatic rings. The Balaban J connectivity index is 0.00000242. The second kappa shape index (κ2) is 8.49. The maximum Gasteiger partial charge on any atom is 0.220 e. The zero-order valence-corrected chi connectivity index (χ0v) is 14.1. The molecular formula is C17H26ClFN2O. The SMILES string of the molecule is Cc1ccc(C(C)NC(=O)CC2CCCCC2N)cc1F.Cl. The molecule has 3 nitrogen and oxygen atoms in total. The van der Waals surface area contributed by atoms with Gasteiger partial charge in [-0.15, -0.1) is 12.4 Å². The van der Waals surface area contributed by atoms with Crippen LogP contribution in [0.1, 0.15) is 56.2 Å². The third-order valence-electron chi connectivity index (χ3n) is 4.49. The number of nitrogens with one attached hydrogen (secondary N) is 1. The summed E-state index contributed by atoms with van der Waals surface area (Å²) in [4.78, 5) is 12.1. The first kappa shape index (κ1) is 18.9. The lowest BCUT2D eigenvalue weighted by Crippen LogP contribution is -2.37. The average molecular weight is 329 g/mol. The van der Waals surface area contributed by atoms with Crippen LogP contribution in [0.2, 0.25) is 0 Å². The number of carbonyl (C=O) groups excluding carboxylic acids is 1. The standard InChI is InChI=1S/C17H25FN2O.ClH/c1-11-7-8-13(9-15(11)18)12(2)20-17(21)10-14-5-3-4-6-16(14)19;/h7-9,12,14,16H,3-6,10,19H2,1-2H3,(H,20,21);1H. The molecule has 0 aliphatic heterocycles. The minimum absolute atomic E-state index is 0. The largest absolute Gasteiger partial charge is 0.350 e. The second-order valence-corrected chi connectivity index (χ2v) is 6.21.